The second-order valence-corrected chi connectivity index (χ2v) is 7.36. The van der Waals surface area contributed by atoms with Crippen molar-refractivity contribution in [1.82, 2.24) is 0 Å². The van der Waals surface area contributed by atoms with E-state index in [-0.39, 0.29) is 51.0 Å². The van der Waals surface area contributed by atoms with Gasteiger partial charge in [0, 0.05) is 44.5 Å². The summed E-state index contributed by atoms with van der Waals surface area (Å²) in [6.07, 6.45) is 0.683. The number of nitrogens with zero attached hydrogens (tertiary/aromatic N) is 1. The molecule has 0 spiro atoms. The second-order valence-electron chi connectivity index (χ2n) is 7.36. The first-order valence-electron chi connectivity index (χ1n) is 9.45. The van der Waals surface area contributed by atoms with Gasteiger partial charge in [0.1, 0.15) is 5.78 Å². The van der Waals surface area contributed by atoms with Gasteiger partial charge in [-0.15, -0.1) is 0 Å². The van der Waals surface area contributed by atoms with Crippen molar-refractivity contribution in [2.45, 2.75) is 12.8 Å². The van der Waals surface area contributed by atoms with Gasteiger partial charge in [-0.25, -0.2) is 0 Å². The van der Waals surface area contributed by atoms with E-state index in [2.05, 4.69) is 6.92 Å². The predicted molar refractivity (Wildman–Crippen MR) is 110 cm³/mol. The molecule has 1 heterocycles. The Kier molecular flexibility index (Phi) is 6.87. The smallest absolute Gasteiger partial charge is 0.231 e. The molecule has 159 valence electrons. The second kappa shape index (κ2) is 9.09. The zero-order valence-electron chi connectivity index (χ0n) is 17.5. The molecule has 2 aromatic carbocycles. The van der Waals surface area contributed by atoms with E-state index in [1.54, 1.807) is 24.3 Å². The summed E-state index contributed by atoms with van der Waals surface area (Å²) in [5.74, 6) is -0.176. The zero-order valence-corrected chi connectivity index (χ0v) is 20.3. The molecule has 0 saturated heterocycles. The third kappa shape index (κ3) is 3.78. The van der Waals surface area contributed by atoms with E-state index in [1.807, 2.05) is 0 Å². The summed E-state index contributed by atoms with van der Waals surface area (Å²) in [5.41, 5.74) is 2.24. The first-order chi connectivity index (χ1) is 14.4. The minimum absolute atomic E-state index is 0. The molecular weight excluding hydrogens is 475 g/mol. The predicted octanol–water partition coefficient (Wildman–Crippen LogP) is 3.40. The van der Waals surface area contributed by atoms with Gasteiger partial charge in [-0.1, -0.05) is 0 Å². The molecule has 0 fully saturated rings. The number of benzene rings is 2. The van der Waals surface area contributed by atoms with Crippen LogP contribution < -0.4 is 18.9 Å². The summed E-state index contributed by atoms with van der Waals surface area (Å²) in [4.78, 5) is 24.4. The van der Waals surface area contributed by atoms with Gasteiger partial charge in [0.25, 0.3) is 0 Å². The van der Waals surface area contributed by atoms with Gasteiger partial charge in [-0.2, -0.15) is 11.6 Å². The Morgan fingerprint density at radius 3 is 2.42 bits per heavy atom. The molecule has 0 aromatic heterocycles. The number of carbonyl (C=O) groups is 2. The minimum Gasteiger partial charge on any atom is -0.809 e. The molecule has 1 aliphatic heterocycles. The van der Waals surface area contributed by atoms with Crippen LogP contribution in [0.25, 0.3) is 5.41 Å². The number of ether oxygens (including phenoxy) is 4. The number of hydrogen-bond acceptors (Lipinski definition) is 6. The molecule has 0 unspecified atom stereocenters. The van der Waals surface area contributed by atoms with E-state index in [0.29, 0.717) is 51.5 Å². The normalized spacial score (nSPS) is 21.0. The summed E-state index contributed by atoms with van der Waals surface area (Å²) < 4.78 is 21.7. The number of ketones is 1. The van der Waals surface area contributed by atoms with Crippen LogP contribution in [0.3, 0.4) is 0 Å². The standard InChI is InChI=1S/C23H21NO6.Y/c1-11-20(12(2)26)21(13-5-14(9-25)23(28-4)19(6-13)27-3)15-7-17-18(30-10-29-17)8-16(15)22(11)24;/h5-9,11,20-21H,1,10H2,2-4H3;/q-2;/t11-,20+,21+;/m0./s1. The van der Waals surface area contributed by atoms with Crippen molar-refractivity contribution in [1.29, 1.82) is 0 Å². The fraction of sp³-hybridized carbons (Fsp3) is 0.304. The number of Topliss-reactive ketones (excluding diaryl/α,β-unsaturated/α-hetero) is 1. The first-order valence-corrected chi connectivity index (χ1v) is 9.45. The van der Waals surface area contributed by atoms with Gasteiger partial charge in [0.15, 0.2) is 29.3 Å². The minimum atomic E-state index is -0.673. The third-order valence-electron chi connectivity index (χ3n) is 5.79. The zero-order chi connectivity index (χ0) is 21.6. The van der Waals surface area contributed by atoms with E-state index in [4.69, 9.17) is 18.9 Å². The number of carbonyl (C=O) groups excluding carboxylic acids is 2. The molecule has 31 heavy (non-hydrogen) atoms. The maximum absolute atomic E-state index is 12.7. The van der Waals surface area contributed by atoms with Gasteiger partial charge in [0.05, 0.1) is 19.8 Å². The average Bonchev–Trinajstić information content (AvgIpc) is 3.21. The van der Waals surface area contributed by atoms with Crippen molar-refractivity contribution in [2.75, 3.05) is 21.0 Å². The van der Waals surface area contributed by atoms with E-state index in [0.717, 1.165) is 0 Å². The van der Waals surface area contributed by atoms with Gasteiger partial charge in [-0.3, -0.25) is 9.59 Å². The maximum Gasteiger partial charge on any atom is 0.231 e. The number of aldehydes is 1. The van der Waals surface area contributed by atoms with Gasteiger partial charge in [0.2, 0.25) is 6.79 Å². The quantitative estimate of drug-likeness (QED) is 0.466. The largest absolute Gasteiger partial charge is 0.809 e. The molecule has 0 bridgehead atoms. The van der Waals surface area contributed by atoms with Crippen LogP contribution in [0.2, 0.25) is 0 Å². The van der Waals surface area contributed by atoms with Gasteiger partial charge < -0.3 is 31.3 Å². The fourth-order valence-electron chi connectivity index (χ4n) is 4.42. The Morgan fingerprint density at radius 1 is 1.16 bits per heavy atom. The summed E-state index contributed by atoms with van der Waals surface area (Å²) >= 11 is 0. The van der Waals surface area contributed by atoms with Crippen molar-refractivity contribution in [3.63, 3.8) is 0 Å². The Morgan fingerprint density at radius 2 is 1.84 bits per heavy atom. The molecule has 1 aliphatic carbocycles. The van der Waals surface area contributed by atoms with Crippen LogP contribution in [0.1, 0.15) is 39.9 Å². The molecule has 3 atom stereocenters. The number of fused-ring (bicyclic) bond motifs is 2. The van der Waals surface area contributed by atoms with Crippen LogP contribution >= 0.6 is 0 Å². The van der Waals surface area contributed by atoms with Crippen molar-refractivity contribution in [3.05, 3.63) is 58.9 Å². The SMILES string of the molecule is [CH2-][C@@H]1C(=[N-])c2cc3c(cc2[C@@H](c2cc(C=O)c(OC)c(OC)c2)[C@H]1C(C)=O)OCO3.[Y]. The molecule has 0 saturated carbocycles. The summed E-state index contributed by atoms with van der Waals surface area (Å²) in [7, 11) is 2.94. The number of methoxy groups -OCH3 is 2. The number of hydrogen-bond donors (Lipinski definition) is 0. The van der Waals surface area contributed by atoms with Crippen LogP contribution in [0, 0.1) is 18.8 Å². The van der Waals surface area contributed by atoms with Crippen molar-refractivity contribution in [3.8, 4) is 23.0 Å². The topological polar surface area (TPSA) is 93.4 Å². The molecule has 7 nitrogen and oxygen atoms in total. The molecule has 2 aliphatic rings. The molecule has 2 aromatic rings. The molecule has 0 amide bonds. The molecular formula is C23H21NO6Y-2. The number of rotatable bonds is 5. The van der Waals surface area contributed by atoms with E-state index < -0.39 is 17.8 Å². The van der Waals surface area contributed by atoms with Crippen LogP contribution in [0.5, 0.6) is 23.0 Å². The third-order valence-corrected chi connectivity index (χ3v) is 5.79. The monoisotopic (exact) mass is 496 g/mol. The maximum atomic E-state index is 12.7. The van der Waals surface area contributed by atoms with Crippen LogP contribution in [-0.2, 0) is 37.5 Å². The summed E-state index contributed by atoms with van der Waals surface area (Å²) in [5, 5.41) is 10.8. The van der Waals surface area contributed by atoms with E-state index in [1.165, 1.54) is 21.1 Å². The molecule has 0 N–H and O–H groups in total. The summed E-state index contributed by atoms with van der Waals surface area (Å²) in [6.45, 7) is 5.62. The summed E-state index contributed by atoms with van der Waals surface area (Å²) in [6, 6.07) is 6.90. The first kappa shape index (κ1) is 23.4. The molecule has 4 rings (SSSR count). The Bertz CT molecular complexity index is 1070. The van der Waals surface area contributed by atoms with Crippen molar-refractivity contribution >= 4 is 17.8 Å². The van der Waals surface area contributed by atoms with E-state index >= 15 is 0 Å². The average molecular weight is 496 g/mol. The van der Waals surface area contributed by atoms with E-state index in [9.17, 15) is 15.0 Å². The van der Waals surface area contributed by atoms with Gasteiger partial charge in [-0.05, 0) is 47.9 Å². The van der Waals surface area contributed by atoms with Crippen molar-refractivity contribution < 1.29 is 61.2 Å². The van der Waals surface area contributed by atoms with Crippen LogP contribution in [0.4, 0.5) is 0 Å². The fourth-order valence-corrected chi connectivity index (χ4v) is 4.42. The van der Waals surface area contributed by atoms with Gasteiger partial charge >= 0.3 is 0 Å². The van der Waals surface area contributed by atoms with Crippen LogP contribution in [-0.4, -0.2) is 38.8 Å². The van der Waals surface area contributed by atoms with Crippen molar-refractivity contribution in [2.24, 2.45) is 11.8 Å². The Balaban J connectivity index is 0.00000272. The van der Waals surface area contributed by atoms with Crippen LogP contribution in [0.15, 0.2) is 24.3 Å². The Labute approximate surface area is 205 Å². The molecule has 1 radical (unpaired) electrons. The molecule has 8 heteroatoms. The Hall–Kier alpha value is -2.25.